The molecule has 0 radical (unpaired) electrons. The van der Waals surface area contributed by atoms with Crippen LogP contribution in [0.1, 0.15) is 18.5 Å². The molecule has 3 N–H and O–H groups in total. The van der Waals surface area contributed by atoms with Gasteiger partial charge in [-0.25, -0.2) is 13.4 Å². The van der Waals surface area contributed by atoms with Crippen LogP contribution in [-0.4, -0.2) is 18.7 Å². The molecule has 0 amide bonds. The fraction of sp³-hybridized carbons (Fsp3) is 0.571. The minimum atomic E-state index is -3.18. The van der Waals surface area contributed by atoms with Gasteiger partial charge in [0, 0.05) is 11.9 Å². The molecule has 2 rings (SSSR count). The molecule has 5 nitrogen and oxygen atoms in total. The van der Waals surface area contributed by atoms with E-state index in [-0.39, 0.29) is 5.25 Å². The smallest absolute Gasteiger partial charge is 0.237 e. The summed E-state index contributed by atoms with van der Waals surface area (Å²) < 4.78 is 25.4. The summed E-state index contributed by atoms with van der Waals surface area (Å²) in [6, 6.07) is 0. The van der Waals surface area contributed by atoms with Crippen LogP contribution < -0.4 is 10.5 Å². The van der Waals surface area contributed by atoms with Gasteiger partial charge in [0.25, 0.3) is 0 Å². The first kappa shape index (κ1) is 9.88. The maximum atomic E-state index is 11.5. The molecule has 1 aliphatic carbocycles. The Morgan fingerprint density at radius 3 is 2.86 bits per heavy atom. The Hall–Kier alpha value is -0.660. The highest BCUT2D eigenvalue weighted by molar-refractivity contribution is 7.93. The lowest BCUT2D eigenvalue weighted by molar-refractivity contribution is 0.600. The standard InChI is InChI=1S/C7H11N3O2S2/c8-3-5-4-13-7(9-5)10-14(11,12)6-1-2-6/h4,6H,1-3,8H2,(H,9,10). The van der Waals surface area contributed by atoms with Crippen molar-refractivity contribution in [3.05, 3.63) is 11.1 Å². The molecule has 78 valence electrons. The van der Waals surface area contributed by atoms with E-state index in [1.165, 1.54) is 11.3 Å². The van der Waals surface area contributed by atoms with Crippen molar-refractivity contribution < 1.29 is 8.42 Å². The molecule has 0 atom stereocenters. The van der Waals surface area contributed by atoms with Crippen LogP contribution in [0.15, 0.2) is 5.38 Å². The van der Waals surface area contributed by atoms with Crippen LogP contribution in [-0.2, 0) is 16.6 Å². The Kier molecular flexibility index (Phi) is 2.46. The molecule has 0 aromatic carbocycles. The van der Waals surface area contributed by atoms with Crippen LogP contribution in [0.4, 0.5) is 5.13 Å². The molecule has 1 fully saturated rings. The van der Waals surface area contributed by atoms with Crippen LogP contribution in [0, 0.1) is 0 Å². The highest BCUT2D eigenvalue weighted by atomic mass is 32.2. The fourth-order valence-corrected chi connectivity index (χ4v) is 3.35. The summed E-state index contributed by atoms with van der Waals surface area (Å²) in [6.45, 7) is 0.335. The van der Waals surface area contributed by atoms with Gasteiger partial charge in [-0.1, -0.05) is 0 Å². The number of thiazole rings is 1. The lowest BCUT2D eigenvalue weighted by Crippen LogP contribution is -2.17. The number of sulfonamides is 1. The van der Waals surface area contributed by atoms with Crippen LogP contribution in [0.25, 0.3) is 0 Å². The molecular formula is C7H11N3O2S2. The second-order valence-electron chi connectivity index (χ2n) is 3.19. The number of aromatic nitrogens is 1. The van der Waals surface area contributed by atoms with Crippen LogP contribution in [0.5, 0.6) is 0 Å². The van der Waals surface area contributed by atoms with Gasteiger partial charge in [0.1, 0.15) is 0 Å². The number of rotatable bonds is 4. The molecular weight excluding hydrogens is 222 g/mol. The van der Waals surface area contributed by atoms with Crippen molar-refractivity contribution in [3.63, 3.8) is 0 Å². The van der Waals surface area contributed by atoms with Gasteiger partial charge in [-0.15, -0.1) is 11.3 Å². The molecule has 14 heavy (non-hydrogen) atoms. The molecule has 1 heterocycles. The predicted octanol–water partition coefficient (Wildman–Crippen LogP) is 0.506. The molecule has 0 spiro atoms. The lowest BCUT2D eigenvalue weighted by Gasteiger charge is -2.01. The van der Waals surface area contributed by atoms with Crippen molar-refractivity contribution in [1.82, 2.24) is 4.98 Å². The van der Waals surface area contributed by atoms with Crippen molar-refractivity contribution in [2.45, 2.75) is 24.6 Å². The van der Waals surface area contributed by atoms with Crippen LogP contribution in [0.3, 0.4) is 0 Å². The van der Waals surface area contributed by atoms with E-state index in [0.29, 0.717) is 17.4 Å². The largest absolute Gasteiger partial charge is 0.325 e. The molecule has 0 unspecified atom stereocenters. The molecule has 1 aromatic rings. The third kappa shape index (κ3) is 2.05. The third-order valence-corrected chi connectivity index (χ3v) is 4.72. The van der Waals surface area contributed by atoms with Crippen molar-refractivity contribution in [3.8, 4) is 0 Å². The summed E-state index contributed by atoms with van der Waals surface area (Å²) in [7, 11) is -3.18. The Balaban J connectivity index is 2.10. The van der Waals surface area contributed by atoms with E-state index in [2.05, 4.69) is 9.71 Å². The van der Waals surface area contributed by atoms with Gasteiger partial charge >= 0.3 is 0 Å². The minimum Gasteiger partial charge on any atom is -0.325 e. The van der Waals surface area contributed by atoms with Gasteiger partial charge < -0.3 is 5.73 Å². The fourth-order valence-electron chi connectivity index (χ4n) is 1.03. The van der Waals surface area contributed by atoms with E-state index in [0.717, 1.165) is 12.8 Å². The van der Waals surface area contributed by atoms with E-state index < -0.39 is 10.0 Å². The summed E-state index contributed by atoms with van der Waals surface area (Å²) in [6.07, 6.45) is 1.51. The van der Waals surface area contributed by atoms with Crippen LogP contribution >= 0.6 is 11.3 Å². The zero-order chi connectivity index (χ0) is 10.2. The molecule has 0 saturated heterocycles. The Morgan fingerprint density at radius 2 is 2.36 bits per heavy atom. The number of nitrogens with two attached hydrogens (primary N) is 1. The predicted molar refractivity (Wildman–Crippen MR) is 55.6 cm³/mol. The Labute approximate surface area is 86.4 Å². The van der Waals surface area contributed by atoms with E-state index in [1.807, 2.05) is 0 Å². The summed E-state index contributed by atoms with van der Waals surface area (Å²) in [4.78, 5) is 4.03. The number of anilines is 1. The topological polar surface area (TPSA) is 85.1 Å². The van der Waals surface area contributed by atoms with Gasteiger partial charge in [0.15, 0.2) is 5.13 Å². The minimum absolute atomic E-state index is 0.215. The highest BCUT2D eigenvalue weighted by Crippen LogP contribution is 2.30. The van der Waals surface area contributed by atoms with E-state index in [4.69, 9.17) is 5.73 Å². The van der Waals surface area contributed by atoms with Gasteiger partial charge in [0.2, 0.25) is 10.0 Å². The first-order chi connectivity index (χ1) is 6.62. The Morgan fingerprint density at radius 1 is 1.64 bits per heavy atom. The summed E-state index contributed by atoms with van der Waals surface area (Å²) in [5.41, 5.74) is 6.08. The first-order valence-electron chi connectivity index (χ1n) is 4.28. The van der Waals surface area contributed by atoms with Crippen molar-refractivity contribution in [1.29, 1.82) is 0 Å². The van der Waals surface area contributed by atoms with Gasteiger partial charge in [-0.05, 0) is 12.8 Å². The molecule has 7 heteroatoms. The van der Waals surface area contributed by atoms with Crippen molar-refractivity contribution in [2.24, 2.45) is 5.73 Å². The zero-order valence-corrected chi connectivity index (χ0v) is 9.07. The van der Waals surface area contributed by atoms with Gasteiger partial charge in [-0.2, -0.15) is 0 Å². The Bertz CT molecular complexity index is 422. The summed E-state index contributed by atoms with van der Waals surface area (Å²) in [5.74, 6) is 0. The lowest BCUT2D eigenvalue weighted by atomic mass is 10.5. The molecule has 1 aromatic heterocycles. The van der Waals surface area contributed by atoms with Crippen molar-refractivity contribution in [2.75, 3.05) is 4.72 Å². The zero-order valence-electron chi connectivity index (χ0n) is 7.43. The number of nitrogens with zero attached hydrogens (tertiary/aromatic N) is 1. The van der Waals surface area contributed by atoms with E-state index in [9.17, 15) is 8.42 Å². The monoisotopic (exact) mass is 233 g/mol. The third-order valence-electron chi connectivity index (χ3n) is 1.95. The van der Waals surface area contributed by atoms with E-state index >= 15 is 0 Å². The average molecular weight is 233 g/mol. The second kappa shape index (κ2) is 3.48. The highest BCUT2D eigenvalue weighted by Gasteiger charge is 2.36. The molecule has 1 saturated carbocycles. The van der Waals surface area contributed by atoms with Gasteiger partial charge in [-0.3, -0.25) is 4.72 Å². The number of hydrogen-bond donors (Lipinski definition) is 2. The number of hydrogen-bond acceptors (Lipinski definition) is 5. The van der Waals surface area contributed by atoms with Gasteiger partial charge in [0.05, 0.1) is 10.9 Å². The summed E-state index contributed by atoms with van der Waals surface area (Å²) in [5, 5.41) is 1.95. The molecule has 1 aliphatic rings. The van der Waals surface area contributed by atoms with E-state index in [1.54, 1.807) is 5.38 Å². The SMILES string of the molecule is NCc1csc(NS(=O)(=O)C2CC2)n1. The second-order valence-corrected chi connectivity index (χ2v) is 6.01. The normalized spacial score (nSPS) is 16.9. The quantitative estimate of drug-likeness (QED) is 0.793. The first-order valence-corrected chi connectivity index (χ1v) is 6.70. The maximum Gasteiger partial charge on any atom is 0.237 e. The van der Waals surface area contributed by atoms with Crippen molar-refractivity contribution >= 4 is 26.5 Å². The number of nitrogens with one attached hydrogen (secondary N) is 1. The molecule has 0 aliphatic heterocycles. The average Bonchev–Trinajstić information content (AvgIpc) is 2.89. The summed E-state index contributed by atoms with van der Waals surface area (Å²) >= 11 is 1.26. The molecule has 0 bridgehead atoms. The van der Waals surface area contributed by atoms with Crippen LogP contribution in [0.2, 0.25) is 0 Å². The maximum absolute atomic E-state index is 11.5.